The molecule has 1 aliphatic rings. The molecule has 1 unspecified atom stereocenters. The number of rotatable bonds is 4. The van der Waals surface area contributed by atoms with Gasteiger partial charge in [-0.05, 0) is 67.5 Å². The molecule has 1 saturated heterocycles. The molecule has 0 spiro atoms. The third-order valence-electron chi connectivity index (χ3n) is 3.56. The zero-order chi connectivity index (χ0) is 14.4. The molecule has 2 heterocycles. The quantitative estimate of drug-likeness (QED) is 0.796. The molecule has 1 aromatic rings. The normalized spacial score (nSPS) is 17.9. The largest absolute Gasteiger partial charge is 0.317 e. The summed E-state index contributed by atoms with van der Waals surface area (Å²) in [6.45, 7) is 2.52. The van der Waals surface area contributed by atoms with Crippen molar-refractivity contribution in [1.29, 1.82) is 0 Å². The summed E-state index contributed by atoms with van der Waals surface area (Å²) >= 11 is 3.32. The van der Waals surface area contributed by atoms with Crippen molar-refractivity contribution in [1.82, 2.24) is 15.2 Å². The highest BCUT2D eigenvalue weighted by atomic mass is 79.9. The van der Waals surface area contributed by atoms with Crippen molar-refractivity contribution >= 4 is 52.5 Å². The predicted molar refractivity (Wildman–Crippen MR) is 98.2 cm³/mol. The van der Waals surface area contributed by atoms with Gasteiger partial charge in [0.15, 0.2) is 0 Å². The van der Waals surface area contributed by atoms with Gasteiger partial charge in [0.25, 0.3) is 0 Å². The van der Waals surface area contributed by atoms with Crippen LogP contribution in [0.1, 0.15) is 19.3 Å². The zero-order valence-corrected chi connectivity index (χ0v) is 15.8. The van der Waals surface area contributed by atoms with Gasteiger partial charge in [-0.3, -0.25) is 9.69 Å². The molecule has 1 atom stereocenters. The highest BCUT2D eigenvalue weighted by Gasteiger charge is 2.18. The molecule has 0 bridgehead atoms. The summed E-state index contributed by atoms with van der Waals surface area (Å²) in [5.41, 5.74) is 0. The summed E-state index contributed by atoms with van der Waals surface area (Å²) in [5, 5.41) is 6.22. The lowest BCUT2D eigenvalue weighted by molar-refractivity contribution is -0.117. The molecule has 8 heteroatoms. The minimum Gasteiger partial charge on any atom is -0.317 e. The first-order chi connectivity index (χ1) is 9.65. The van der Waals surface area contributed by atoms with E-state index in [9.17, 15) is 4.79 Å². The summed E-state index contributed by atoms with van der Waals surface area (Å²) in [6.07, 6.45) is 5.09. The Kier molecular flexibility index (Phi) is 11.0. The smallest absolute Gasteiger partial charge is 0.239 e. The lowest BCUT2D eigenvalue weighted by Gasteiger charge is -2.26. The lowest BCUT2D eigenvalue weighted by atomic mass is 10.1. The van der Waals surface area contributed by atoms with Crippen LogP contribution in [0.4, 0.5) is 5.82 Å². The molecule has 5 nitrogen and oxygen atoms in total. The molecule has 0 radical (unpaired) electrons. The fraction of sp³-hybridized carbons (Fsp3) is 0.571. The Morgan fingerprint density at radius 2 is 2.18 bits per heavy atom. The topological polar surface area (TPSA) is 57.3 Å². The predicted octanol–water partition coefficient (Wildman–Crippen LogP) is 2.70. The van der Waals surface area contributed by atoms with Crippen molar-refractivity contribution in [3.8, 4) is 0 Å². The highest BCUT2D eigenvalue weighted by Crippen LogP contribution is 2.13. The number of hydrogen-bond acceptors (Lipinski definition) is 4. The van der Waals surface area contributed by atoms with E-state index < -0.39 is 0 Å². The van der Waals surface area contributed by atoms with E-state index in [-0.39, 0.29) is 30.7 Å². The van der Waals surface area contributed by atoms with Gasteiger partial charge in [0.2, 0.25) is 5.91 Å². The third-order valence-corrected chi connectivity index (χ3v) is 4.03. The van der Waals surface area contributed by atoms with Crippen LogP contribution in [0.3, 0.4) is 0 Å². The minimum atomic E-state index is -0.0143. The van der Waals surface area contributed by atoms with Crippen LogP contribution in [0.15, 0.2) is 22.8 Å². The molecule has 0 saturated carbocycles. The summed E-state index contributed by atoms with van der Waals surface area (Å²) < 4.78 is 0.901. The molecule has 1 fully saturated rings. The SMILES string of the molecule is CN(CC(=O)Nc1ccc(Br)cn1)C1CCCNCC1.Cl.Cl. The average molecular weight is 414 g/mol. The number of pyridine rings is 1. The Labute approximate surface area is 152 Å². The number of halogens is 3. The van der Waals surface area contributed by atoms with Crippen LogP contribution in [-0.4, -0.2) is 48.5 Å². The van der Waals surface area contributed by atoms with Crippen LogP contribution in [0, 0.1) is 0 Å². The van der Waals surface area contributed by atoms with Crippen LogP contribution in [0.5, 0.6) is 0 Å². The van der Waals surface area contributed by atoms with E-state index in [0.717, 1.165) is 30.4 Å². The standard InChI is InChI=1S/C14H21BrN4O.2ClH/c1-19(12-3-2-7-16-8-6-12)10-14(20)18-13-5-4-11(15)9-17-13;;/h4-5,9,12,16H,2-3,6-8,10H2,1H3,(H,17,18,20);2*1H. The molecule has 126 valence electrons. The Bertz CT molecular complexity index is 439. The van der Waals surface area contributed by atoms with Crippen molar-refractivity contribution in [2.24, 2.45) is 0 Å². The number of nitrogens with one attached hydrogen (secondary N) is 2. The number of aromatic nitrogens is 1. The minimum absolute atomic E-state index is 0. The van der Waals surface area contributed by atoms with Crippen molar-refractivity contribution in [3.63, 3.8) is 0 Å². The summed E-state index contributed by atoms with van der Waals surface area (Å²) in [6, 6.07) is 4.13. The van der Waals surface area contributed by atoms with Gasteiger partial charge in [-0.1, -0.05) is 0 Å². The number of anilines is 1. The Morgan fingerprint density at radius 1 is 1.41 bits per heavy atom. The van der Waals surface area contributed by atoms with Gasteiger partial charge in [0, 0.05) is 16.7 Å². The molecule has 1 aliphatic heterocycles. The monoisotopic (exact) mass is 412 g/mol. The van der Waals surface area contributed by atoms with Crippen molar-refractivity contribution in [2.75, 3.05) is 32.0 Å². The lowest BCUT2D eigenvalue weighted by Crippen LogP contribution is -2.38. The summed E-state index contributed by atoms with van der Waals surface area (Å²) in [7, 11) is 2.02. The number of hydrogen-bond donors (Lipinski definition) is 2. The molecule has 2 N–H and O–H groups in total. The second kappa shape index (κ2) is 11.2. The molecular formula is C14H23BrCl2N4O. The van der Waals surface area contributed by atoms with Crippen LogP contribution >= 0.6 is 40.7 Å². The van der Waals surface area contributed by atoms with Crippen LogP contribution in [0.25, 0.3) is 0 Å². The Hall–Kier alpha value is -0.400. The van der Waals surface area contributed by atoms with Crippen LogP contribution < -0.4 is 10.6 Å². The number of likely N-dealkylation sites (N-methyl/N-ethyl adjacent to an activating group) is 1. The van der Waals surface area contributed by atoms with Crippen LogP contribution in [0.2, 0.25) is 0 Å². The van der Waals surface area contributed by atoms with E-state index in [1.165, 1.54) is 6.42 Å². The summed E-state index contributed by atoms with van der Waals surface area (Å²) in [4.78, 5) is 18.3. The van der Waals surface area contributed by atoms with Gasteiger partial charge in [-0.25, -0.2) is 4.98 Å². The number of nitrogens with zero attached hydrogens (tertiary/aromatic N) is 2. The van der Waals surface area contributed by atoms with E-state index in [1.54, 1.807) is 12.3 Å². The maximum atomic E-state index is 12.0. The maximum Gasteiger partial charge on any atom is 0.239 e. The fourth-order valence-corrected chi connectivity index (χ4v) is 2.66. The Morgan fingerprint density at radius 3 is 2.86 bits per heavy atom. The second-order valence-corrected chi connectivity index (χ2v) is 6.08. The zero-order valence-electron chi connectivity index (χ0n) is 12.5. The second-order valence-electron chi connectivity index (χ2n) is 5.16. The molecule has 22 heavy (non-hydrogen) atoms. The van der Waals surface area contributed by atoms with Crippen molar-refractivity contribution < 1.29 is 4.79 Å². The molecule has 2 rings (SSSR count). The first-order valence-electron chi connectivity index (χ1n) is 6.97. The third kappa shape index (κ3) is 7.24. The number of carbonyl (C=O) groups is 1. The van der Waals surface area contributed by atoms with Gasteiger partial charge >= 0.3 is 0 Å². The molecule has 0 aliphatic carbocycles. The van der Waals surface area contributed by atoms with Crippen LogP contribution in [-0.2, 0) is 4.79 Å². The van der Waals surface area contributed by atoms with Gasteiger partial charge in [0.1, 0.15) is 5.82 Å². The van der Waals surface area contributed by atoms with Gasteiger partial charge in [-0.2, -0.15) is 0 Å². The Balaban J connectivity index is 0.00000220. The van der Waals surface area contributed by atoms with E-state index >= 15 is 0 Å². The van der Waals surface area contributed by atoms with E-state index in [2.05, 4.69) is 36.4 Å². The average Bonchev–Trinajstić information content (AvgIpc) is 2.70. The molecule has 1 amide bonds. The molecule has 1 aromatic heterocycles. The maximum absolute atomic E-state index is 12.0. The van der Waals surface area contributed by atoms with Gasteiger partial charge < -0.3 is 10.6 Å². The first kappa shape index (κ1) is 21.6. The van der Waals surface area contributed by atoms with E-state index in [1.807, 2.05) is 13.1 Å². The summed E-state index contributed by atoms with van der Waals surface area (Å²) in [5.74, 6) is 0.577. The van der Waals surface area contributed by atoms with Crippen molar-refractivity contribution in [3.05, 3.63) is 22.8 Å². The van der Waals surface area contributed by atoms with Gasteiger partial charge in [-0.15, -0.1) is 24.8 Å². The van der Waals surface area contributed by atoms with E-state index in [4.69, 9.17) is 0 Å². The fourth-order valence-electron chi connectivity index (χ4n) is 2.43. The molecular weight excluding hydrogens is 391 g/mol. The highest BCUT2D eigenvalue weighted by molar-refractivity contribution is 9.10. The van der Waals surface area contributed by atoms with Crippen molar-refractivity contribution in [2.45, 2.75) is 25.3 Å². The number of carbonyl (C=O) groups excluding carboxylic acids is 1. The van der Waals surface area contributed by atoms with Gasteiger partial charge in [0.05, 0.1) is 6.54 Å². The number of amides is 1. The molecule has 0 aromatic carbocycles. The first-order valence-corrected chi connectivity index (χ1v) is 7.77. The van der Waals surface area contributed by atoms with E-state index in [0.29, 0.717) is 18.4 Å².